The molecule has 0 spiro atoms. The summed E-state index contributed by atoms with van der Waals surface area (Å²) < 4.78 is 25.2. The summed E-state index contributed by atoms with van der Waals surface area (Å²) in [4.78, 5) is 17.0. The van der Waals surface area contributed by atoms with Gasteiger partial charge in [-0.05, 0) is 36.8 Å². The highest BCUT2D eigenvalue weighted by molar-refractivity contribution is 7.92. The van der Waals surface area contributed by atoms with E-state index in [0.717, 1.165) is 22.7 Å². The molecular formula is C19H19N3O3S. The van der Waals surface area contributed by atoms with Gasteiger partial charge in [0.25, 0.3) is 5.91 Å². The second-order valence-corrected chi connectivity index (χ2v) is 7.82. The third-order valence-corrected chi connectivity index (χ3v) is 4.54. The summed E-state index contributed by atoms with van der Waals surface area (Å²) >= 11 is 0. The predicted octanol–water partition coefficient (Wildman–Crippen LogP) is 3.10. The van der Waals surface area contributed by atoms with E-state index in [1.165, 1.54) is 0 Å². The van der Waals surface area contributed by atoms with Crippen molar-refractivity contribution in [1.29, 1.82) is 0 Å². The standard InChI is InChI=1S/C19H19N3O3S/c1-13(14-6-5-7-15(12-14)22-26(2,24)25)21-19(23)17-10-11-20-18-9-4-3-8-16(17)18/h3-13,22H,1-2H3,(H,21,23). The molecule has 0 aliphatic carbocycles. The highest BCUT2D eigenvalue weighted by atomic mass is 32.2. The maximum Gasteiger partial charge on any atom is 0.252 e. The number of aromatic nitrogens is 1. The van der Waals surface area contributed by atoms with Crippen LogP contribution in [0.4, 0.5) is 5.69 Å². The number of para-hydroxylation sites is 1. The highest BCUT2D eigenvalue weighted by Crippen LogP contribution is 2.20. The zero-order valence-corrected chi connectivity index (χ0v) is 15.2. The minimum Gasteiger partial charge on any atom is -0.345 e. The number of carbonyl (C=O) groups excluding carboxylic acids is 1. The molecule has 3 aromatic rings. The molecule has 3 rings (SSSR count). The van der Waals surface area contributed by atoms with Crippen LogP contribution in [0.5, 0.6) is 0 Å². The fourth-order valence-corrected chi connectivity index (χ4v) is 3.29. The summed E-state index contributed by atoms with van der Waals surface area (Å²) in [6.07, 6.45) is 2.71. The number of amides is 1. The Kier molecular flexibility index (Phi) is 4.90. The lowest BCUT2D eigenvalue weighted by Crippen LogP contribution is -2.27. The van der Waals surface area contributed by atoms with Gasteiger partial charge >= 0.3 is 0 Å². The molecule has 0 aliphatic heterocycles. The summed E-state index contributed by atoms with van der Waals surface area (Å²) in [6.45, 7) is 1.85. The van der Waals surface area contributed by atoms with E-state index in [-0.39, 0.29) is 11.9 Å². The quantitative estimate of drug-likeness (QED) is 0.723. The number of nitrogens with zero attached hydrogens (tertiary/aromatic N) is 1. The van der Waals surface area contributed by atoms with Crippen molar-refractivity contribution in [3.8, 4) is 0 Å². The molecule has 0 aliphatic rings. The Hall–Kier alpha value is -2.93. The topological polar surface area (TPSA) is 88.2 Å². The van der Waals surface area contributed by atoms with E-state index in [0.29, 0.717) is 11.3 Å². The second kappa shape index (κ2) is 7.13. The van der Waals surface area contributed by atoms with Crippen molar-refractivity contribution in [3.63, 3.8) is 0 Å². The maximum absolute atomic E-state index is 12.7. The number of rotatable bonds is 5. The number of anilines is 1. The molecule has 2 N–H and O–H groups in total. The molecule has 0 fully saturated rings. The fraction of sp³-hybridized carbons (Fsp3) is 0.158. The van der Waals surface area contributed by atoms with Gasteiger partial charge in [0.15, 0.2) is 0 Å². The van der Waals surface area contributed by atoms with Gasteiger partial charge in [0.05, 0.1) is 23.4 Å². The maximum atomic E-state index is 12.7. The van der Waals surface area contributed by atoms with Crippen LogP contribution < -0.4 is 10.0 Å². The van der Waals surface area contributed by atoms with Crippen molar-refractivity contribution in [2.75, 3.05) is 11.0 Å². The minimum atomic E-state index is -3.35. The Morgan fingerprint density at radius 1 is 1.08 bits per heavy atom. The number of nitrogens with one attached hydrogen (secondary N) is 2. The first-order chi connectivity index (χ1) is 12.3. The van der Waals surface area contributed by atoms with Crippen LogP contribution in [0.2, 0.25) is 0 Å². The molecular weight excluding hydrogens is 350 g/mol. The summed E-state index contributed by atoms with van der Waals surface area (Å²) in [5, 5.41) is 3.74. The van der Waals surface area contributed by atoms with Crippen molar-refractivity contribution >= 4 is 32.5 Å². The van der Waals surface area contributed by atoms with Gasteiger partial charge in [-0.2, -0.15) is 0 Å². The first-order valence-corrected chi connectivity index (χ1v) is 9.95. The van der Waals surface area contributed by atoms with Gasteiger partial charge in [0.2, 0.25) is 10.0 Å². The molecule has 2 aromatic carbocycles. The molecule has 1 amide bonds. The number of fused-ring (bicyclic) bond motifs is 1. The first-order valence-electron chi connectivity index (χ1n) is 8.06. The van der Waals surface area contributed by atoms with Crippen molar-refractivity contribution in [2.45, 2.75) is 13.0 Å². The lowest BCUT2D eigenvalue weighted by Gasteiger charge is -2.16. The summed E-state index contributed by atoms with van der Waals surface area (Å²) in [5.41, 5.74) is 2.56. The molecule has 0 saturated carbocycles. The number of pyridine rings is 1. The van der Waals surface area contributed by atoms with Gasteiger partial charge in [-0.25, -0.2) is 8.42 Å². The van der Waals surface area contributed by atoms with Gasteiger partial charge in [-0.3, -0.25) is 14.5 Å². The number of benzene rings is 2. The molecule has 6 nitrogen and oxygen atoms in total. The van der Waals surface area contributed by atoms with E-state index in [1.807, 2.05) is 37.3 Å². The van der Waals surface area contributed by atoms with Gasteiger partial charge in [-0.15, -0.1) is 0 Å². The molecule has 7 heteroatoms. The molecule has 1 aromatic heterocycles. The smallest absolute Gasteiger partial charge is 0.252 e. The van der Waals surface area contributed by atoms with Crippen molar-refractivity contribution in [3.05, 3.63) is 71.9 Å². The van der Waals surface area contributed by atoms with Crippen LogP contribution in [-0.4, -0.2) is 25.6 Å². The molecule has 0 bridgehead atoms. The molecule has 1 heterocycles. The van der Waals surface area contributed by atoms with E-state index in [1.54, 1.807) is 30.5 Å². The highest BCUT2D eigenvalue weighted by Gasteiger charge is 2.15. The number of carbonyl (C=O) groups is 1. The van der Waals surface area contributed by atoms with Crippen LogP contribution >= 0.6 is 0 Å². The van der Waals surface area contributed by atoms with Crippen LogP contribution in [0.15, 0.2) is 60.8 Å². The molecule has 134 valence electrons. The first kappa shape index (κ1) is 17.9. The van der Waals surface area contributed by atoms with Crippen LogP contribution in [0.25, 0.3) is 10.9 Å². The van der Waals surface area contributed by atoms with E-state index < -0.39 is 10.0 Å². The number of sulfonamides is 1. The average Bonchev–Trinajstić information content (AvgIpc) is 2.60. The number of hydrogen-bond acceptors (Lipinski definition) is 4. The van der Waals surface area contributed by atoms with E-state index in [2.05, 4.69) is 15.0 Å². The normalized spacial score (nSPS) is 12.5. The zero-order chi connectivity index (χ0) is 18.7. The van der Waals surface area contributed by atoms with Gasteiger partial charge < -0.3 is 5.32 Å². The second-order valence-electron chi connectivity index (χ2n) is 6.07. The Balaban J connectivity index is 1.82. The van der Waals surface area contributed by atoms with Gasteiger partial charge in [0, 0.05) is 17.3 Å². The average molecular weight is 369 g/mol. The summed E-state index contributed by atoms with van der Waals surface area (Å²) in [6, 6.07) is 15.8. The monoisotopic (exact) mass is 369 g/mol. The summed E-state index contributed by atoms with van der Waals surface area (Å²) in [5.74, 6) is -0.211. The van der Waals surface area contributed by atoms with Crippen LogP contribution in [0, 0.1) is 0 Å². The lowest BCUT2D eigenvalue weighted by molar-refractivity contribution is 0.0941. The minimum absolute atomic E-state index is 0.211. The van der Waals surface area contributed by atoms with Crippen LogP contribution in [0.1, 0.15) is 28.9 Å². The van der Waals surface area contributed by atoms with Crippen LogP contribution in [-0.2, 0) is 10.0 Å². The third-order valence-electron chi connectivity index (χ3n) is 3.93. The molecule has 1 atom stereocenters. The third kappa shape index (κ3) is 4.18. The number of hydrogen-bond donors (Lipinski definition) is 2. The SMILES string of the molecule is CC(NC(=O)c1ccnc2ccccc12)c1cccc(NS(C)(=O)=O)c1. The van der Waals surface area contributed by atoms with Gasteiger partial charge in [0.1, 0.15) is 0 Å². The fourth-order valence-electron chi connectivity index (χ4n) is 2.74. The Bertz CT molecular complexity index is 1060. The predicted molar refractivity (Wildman–Crippen MR) is 103 cm³/mol. The molecule has 0 radical (unpaired) electrons. The van der Waals surface area contributed by atoms with Crippen LogP contribution in [0.3, 0.4) is 0 Å². The Morgan fingerprint density at radius 2 is 1.85 bits per heavy atom. The van der Waals surface area contributed by atoms with Crippen molar-refractivity contribution < 1.29 is 13.2 Å². The molecule has 0 saturated heterocycles. The Labute approximate surface area is 152 Å². The van der Waals surface area contributed by atoms with E-state index in [9.17, 15) is 13.2 Å². The van der Waals surface area contributed by atoms with E-state index >= 15 is 0 Å². The molecule has 26 heavy (non-hydrogen) atoms. The lowest BCUT2D eigenvalue weighted by atomic mass is 10.1. The molecule has 1 unspecified atom stereocenters. The van der Waals surface area contributed by atoms with E-state index in [4.69, 9.17) is 0 Å². The largest absolute Gasteiger partial charge is 0.345 e. The summed E-state index contributed by atoms with van der Waals surface area (Å²) in [7, 11) is -3.35. The van der Waals surface area contributed by atoms with Gasteiger partial charge in [-0.1, -0.05) is 30.3 Å². The zero-order valence-electron chi connectivity index (χ0n) is 14.4. The van der Waals surface area contributed by atoms with Crippen molar-refractivity contribution in [1.82, 2.24) is 10.3 Å². The Morgan fingerprint density at radius 3 is 2.62 bits per heavy atom. The van der Waals surface area contributed by atoms with Crippen molar-refractivity contribution in [2.24, 2.45) is 0 Å².